The SMILES string of the molecule is CC(=O)c1cc(CC(=O)NCCS(=O)(=O)N2CCCC2)cs1. The van der Waals surface area contributed by atoms with Gasteiger partial charge >= 0.3 is 0 Å². The predicted molar refractivity (Wildman–Crippen MR) is 85.6 cm³/mol. The van der Waals surface area contributed by atoms with E-state index in [4.69, 9.17) is 0 Å². The normalized spacial score (nSPS) is 15.9. The number of thiophene rings is 1. The minimum atomic E-state index is -3.26. The van der Waals surface area contributed by atoms with Gasteiger partial charge in [-0.15, -0.1) is 11.3 Å². The Balaban J connectivity index is 1.76. The van der Waals surface area contributed by atoms with Crippen molar-refractivity contribution in [2.45, 2.75) is 26.2 Å². The number of ketones is 1. The Hall–Kier alpha value is -1.25. The molecule has 0 radical (unpaired) electrons. The Bertz CT molecular complexity index is 646. The molecule has 1 amide bonds. The van der Waals surface area contributed by atoms with Gasteiger partial charge in [-0.2, -0.15) is 0 Å². The Kier molecular flexibility index (Phi) is 5.71. The monoisotopic (exact) mass is 344 g/mol. The molecule has 8 heteroatoms. The molecule has 0 atom stereocenters. The minimum absolute atomic E-state index is 0.0200. The number of nitrogens with one attached hydrogen (secondary N) is 1. The molecule has 0 aliphatic carbocycles. The van der Waals surface area contributed by atoms with Crippen molar-refractivity contribution >= 4 is 33.1 Å². The van der Waals surface area contributed by atoms with Crippen LogP contribution in [0.25, 0.3) is 0 Å². The lowest BCUT2D eigenvalue weighted by molar-refractivity contribution is -0.120. The van der Waals surface area contributed by atoms with Gasteiger partial charge in [0.2, 0.25) is 15.9 Å². The number of sulfonamides is 1. The summed E-state index contributed by atoms with van der Waals surface area (Å²) in [6, 6.07) is 1.70. The fraction of sp³-hybridized carbons (Fsp3) is 0.571. The minimum Gasteiger partial charge on any atom is -0.355 e. The van der Waals surface area contributed by atoms with Crippen molar-refractivity contribution in [2.75, 3.05) is 25.4 Å². The summed E-state index contributed by atoms with van der Waals surface area (Å²) in [5, 5.41) is 4.40. The van der Waals surface area contributed by atoms with Crippen LogP contribution < -0.4 is 5.32 Å². The molecule has 1 fully saturated rings. The highest BCUT2D eigenvalue weighted by atomic mass is 32.2. The summed E-state index contributed by atoms with van der Waals surface area (Å²) < 4.78 is 25.5. The molecule has 1 saturated heterocycles. The fourth-order valence-electron chi connectivity index (χ4n) is 2.32. The summed E-state index contributed by atoms with van der Waals surface area (Å²) in [6.45, 7) is 2.76. The van der Waals surface area contributed by atoms with Crippen molar-refractivity contribution in [3.63, 3.8) is 0 Å². The lowest BCUT2D eigenvalue weighted by Gasteiger charge is -2.15. The van der Waals surface area contributed by atoms with Gasteiger partial charge < -0.3 is 5.32 Å². The number of rotatable bonds is 7. The van der Waals surface area contributed by atoms with Crippen LogP contribution in [0.1, 0.15) is 35.0 Å². The molecule has 0 saturated carbocycles. The molecule has 2 rings (SSSR count). The smallest absolute Gasteiger partial charge is 0.224 e. The largest absolute Gasteiger partial charge is 0.355 e. The lowest BCUT2D eigenvalue weighted by Crippen LogP contribution is -2.36. The Morgan fingerprint density at radius 3 is 2.59 bits per heavy atom. The van der Waals surface area contributed by atoms with Crippen LogP contribution in [0.3, 0.4) is 0 Å². The first-order valence-electron chi connectivity index (χ1n) is 7.21. The number of Topliss-reactive ketones (excluding diaryl/α,β-unsaturated/α-hetero) is 1. The van der Waals surface area contributed by atoms with Crippen LogP contribution in [0.15, 0.2) is 11.4 Å². The van der Waals surface area contributed by atoms with Gasteiger partial charge in [-0.05, 0) is 36.8 Å². The first kappa shape index (κ1) is 17.1. The summed E-state index contributed by atoms with van der Waals surface area (Å²) in [4.78, 5) is 23.6. The summed E-state index contributed by atoms with van der Waals surface area (Å²) in [5.41, 5.74) is 0.773. The maximum absolute atomic E-state index is 12.0. The molecule has 6 nitrogen and oxygen atoms in total. The molecule has 122 valence electrons. The van der Waals surface area contributed by atoms with Crippen LogP contribution in [0, 0.1) is 0 Å². The van der Waals surface area contributed by atoms with Gasteiger partial charge in [0.1, 0.15) is 0 Å². The molecule has 1 aliphatic heterocycles. The third-order valence-corrected chi connectivity index (χ3v) is 6.46. The molecule has 2 heterocycles. The van der Waals surface area contributed by atoms with Crippen molar-refractivity contribution in [1.82, 2.24) is 9.62 Å². The van der Waals surface area contributed by atoms with Crippen LogP contribution in [-0.4, -0.2) is 49.8 Å². The molecule has 0 aromatic carbocycles. The molecule has 0 unspecified atom stereocenters. The molecular weight excluding hydrogens is 324 g/mol. The average Bonchev–Trinajstić information content (AvgIpc) is 3.09. The van der Waals surface area contributed by atoms with Gasteiger partial charge in [0, 0.05) is 19.6 Å². The first-order valence-corrected chi connectivity index (χ1v) is 9.70. The van der Waals surface area contributed by atoms with Crippen molar-refractivity contribution in [2.24, 2.45) is 0 Å². The summed E-state index contributed by atoms with van der Waals surface area (Å²) in [5.74, 6) is -0.320. The standard InChI is InChI=1S/C14H20N2O4S2/c1-11(17)13-8-12(10-21-13)9-14(18)15-4-7-22(19,20)16-5-2-3-6-16/h8,10H,2-7,9H2,1H3,(H,15,18). The van der Waals surface area contributed by atoms with Crippen LogP contribution in [0.5, 0.6) is 0 Å². The second kappa shape index (κ2) is 7.34. The topological polar surface area (TPSA) is 83.5 Å². The quantitative estimate of drug-likeness (QED) is 0.749. The van der Waals surface area contributed by atoms with E-state index < -0.39 is 10.0 Å². The third kappa shape index (κ3) is 4.62. The molecule has 1 aromatic rings. The van der Waals surface area contributed by atoms with Crippen molar-refractivity contribution in [3.8, 4) is 0 Å². The number of nitrogens with zero attached hydrogens (tertiary/aromatic N) is 1. The van der Waals surface area contributed by atoms with Gasteiger partial charge in [-0.1, -0.05) is 0 Å². The zero-order valence-corrected chi connectivity index (χ0v) is 14.1. The van der Waals surface area contributed by atoms with Crippen molar-refractivity contribution in [3.05, 3.63) is 21.9 Å². The van der Waals surface area contributed by atoms with E-state index >= 15 is 0 Å². The van der Waals surface area contributed by atoms with Crippen LogP contribution in [0.2, 0.25) is 0 Å². The molecule has 0 bridgehead atoms. The van der Waals surface area contributed by atoms with E-state index in [1.165, 1.54) is 22.6 Å². The molecule has 0 spiro atoms. The van der Waals surface area contributed by atoms with Gasteiger partial charge in [-0.3, -0.25) is 9.59 Å². The van der Waals surface area contributed by atoms with E-state index in [0.717, 1.165) is 18.4 Å². The van der Waals surface area contributed by atoms with Crippen LogP contribution >= 0.6 is 11.3 Å². The molecule has 1 aromatic heterocycles. The van der Waals surface area contributed by atoms with Gasteiger partial charge in [0.05, 0.1) is 17.1 Å². The zero-order chi connectivity index (χ0) is 16.2. The number of hydrogen-bond acceptors (Lipinski definition) is 5. The summed E-state index contributed by atoms with van der Waals surface area (Å²) in [6.07, 6.45) is 1.97. The van der Waals surface area contributed by atoms with Gasteiger partial charge in [0.25, 0.3) is 0 Å². The van der Waals surface area contributed by atoms with Gasteiger partial charge in [0.15, 0.2) is 5.78 Å². The van der Waals surface area contributed by atoms with E-state index in [1.807, 2.05) is 0 Å². The summed E-state index contributed by atoms with van der Waals surface area (Å²) >= 11 is 1.31. The Morgan fingerprint density at radius 1 is 1.32 bits per heavy atom. The summed E-state index contributed by atoms with van der Waals surface area (Å²) in [7, 11) is -3.26. The Morgan fingerprint density at radius 2 is 2.00 bits per heavy atom. The highest BCUT2D eigenvalue weighted by Gasteiger charge is 2.24. The van der Waals surface area contributed by atoms with Crippen LogP contribution in [-0.2, 0) is 21.2 Å². The second-order valence-corrected chi connectivity index (χ2v) is 8.32. The zero-order valence-electron chi connectivity index (χ0n) is 12.5. The Labute approximate surface area is 134 Å². The predicted octanol–water partition coefficient (Wildman–Crippen LogP) is 1.03. The number of carbonyl (C=O) groups excluding carboxylic acids is 2. The molecule has 1 N–H and O–H groups in total. The molecular formula is C14H20N2O4S2. The fourth-order valence-corrected chi connectivity index (χ4v) is 4.56. The maximum Gasteiger partial charge on any atom is 0.224 e. The third-order valence-electron chi connectivity index (χ3n) is 3.51. The van der Waals surface area contributed by atoms with E-state index in [0.29, 0.717) is 18.0 Å². The number of hydrogen-bond donors (Lipinski definition) is 1. The average molecular weight is 344 g/mol. The van der Waals surface area contributed by atoms with E-state index in [2.05, 4.69) is 5.32 Å². The maximum atomic E-state index is 12.0. The molecule has 1 aliphatic rings. The lowest BCUT2D eigenvalue weighted by atomic mass is 10.2. The van der Waals surface area contributed by atoms with Crippen molar-refractivity contribution in [1.29, 1.82) is 0 Å². The van der Waals surface area contributed by atoms with Gasteiger partial charge in [-0.25, -0.2) is 12.7 Å². The second-order valence-electron chi connectivity index (χ2n) is 5.32. The van der Waals surface area contributed by atoms with E-state index in [1.54, 1.807) is 11.4 Å². The van der Waals surface area contributed by atoms with E-state index in [9.17, 15) is 18.0 Å². The van der Waals surface area contributed by atoms with Crippen LogP contribution in [0.4, 0.5) is 0 Å². The van der Waals surface area contributed by atoms with Crippen molar-refractivity contribution < 1.29 is 18.0 Å². The number of carbonyl (C=O) groups is 2. The highest BCUT2D eigenvalue weighted by molar-refractivity contribution is 7.89. The first-order chi connectivity index (χ1) is 10.4. The highest BCUT2D eigenvalue weighted by Crippen LogP contribution is 2.16. The number of amides is 1. The van der Waals surface area contributed by atoms with E-state index in [-0.39, 0.29) is 30.4 Å². The molecule has 22 heavy (non-hydrogen) atoms.